The molecule has 0 bridgehead atoms. The minimum Gasteiger partial charge on any atom is -0.394 e. The molecular formula is C36H71NO4. The van der Waals surface area contributed by atoms with Crippen molar-refractivity contribution < 1.29 is 20.1 Å². The maximum atomic E-state index is 12.3. The molecule has 0 aromatic carbocycles. The van der Waals surface area contributed by atoms with Gasteiger partial charge in [0.05, 0.1) is 18.8 Å². The maximum absolute atomic E-state index is 12.3. The number of carbonyl (C=O) groups excluding carboxylic acids is 1. The van der Waals surface area contributed by atoms with Crippen molar-refractivity contribution in [3.05, 3.63) is 12.2 Å². The van der Waals surface area contributed by atoms with Crippen molar-refractivity contribution in [1.82, 2.24) is 5.32 Å². The van der Waals surface area contributed by atoms with Crippen LogP contribution in [0, 0.1) is 0 Å². The monoisotopic (exact) mass is 582 g/mol. The molecule has 1 amide bonds. The first-order valence-corrected chi connectivity index (χ1v) is 18.0. The Morgan fingerprint density at radius 2 is 0.976 bits per heavy atom. The molecule has 0 heterocycles. The van der Waals surface area contributed by atoms with E-state index in [1.54, 1.807) is 0 Å². The predicted octanol–water partition coefficient (Wildman–Crippen LogP) is 9.31. The first kappa shape index (κ1) is 40.1. The Balaban J connectivity index is 3.71. The summed E-state index contributed by atoms with van der Waals surface area (Å²) in [4.78, 5) is 12.3. The van der Waals surface area contributed by atoms with E-state index in [0.717, 1.165) is 44.9 Å². The number of nitrogens with one attached hydrogen (secondary N) is 1. The van der Waals surface area contributed by atoms with E-state index in [-0.39, 0.29) is 12.5 Å². The third kappa shape index (κ3) is 27.7. The summed E-state index contributed by atoms with van der Waals surface area (Å²) in [5.41, 5.74) is 0. The predicted molar refractivity (Wildman–Crippen MR) is 176 cm³/mol. The summed E-state index contributed by atoms with van der Waals surface area (Å²) in [6.07, 6.45) is 34.4. The molecule has 0 aromatic rings. The molecule has 0 aliphatic heterocycles. The lowest BCUT2D eigenvalue weighted by Crippen LogP contribution is -2.50. The van der Waals surface area contributed by atoms with Crippen LogP contribution in [0.4, 0.5) is 0 Å². The molecule has 5 nitrogen and oxygen atoms in total. The van der Waals surface area contributed by atoms with Crippen LogP contribution in [-0.4, -0.2) is 46.1 Å². The van der Waals surface area contributed by atoms with Gasteiger partial charge in [-0.1, -0.05) is 154 Å². The van der Waals surface area contributed by atoms with Gasteiger partial charge in [-0.3, -0.25) is 4.79 Å². The van der Waals surface area contributed by atoms with E-state index in [1.807, 2.05) is 0 Å². The second-order valence-corrected chi connectivity index (χ2v) is 12.4. The van der Waals surface area contributed by atoms with Crippen LogP contribution in [0.5, 0.6) is 0 Å². The minimum absolute atomic E-state index is 0.154. The van der Waals surface area contributed by atoms with Crippen LogP contribution in [0.2, 0.25) is 0 Å². The lowest BCUT2D eigenvalue weighted by molar-refractivity contribution is -0.124. The molecule has 0 saturated heterocycles. The Bertz CT molecular complexity index is 568. The molecule has 0 rings (SSSR count). The molecule has 0 unspecified atom stereocenters. The van der Waals surface area contributed by atoms with Crippen LogP contribution in [0.15, 0.2) is 12.2 Å². The molecule has 41 heavy (non-hydrogen) atoms. The van der Waals surface area contributed by atoms with Gasteiger partial charge in [0, 0.05) is 6.42 Å². The quantitative estimate of drug-likeness (QED) is 0.0471. The summed E-state index contributed by atoms with van der Waals surface area (Å²) in [5, 5.41) is 33.3. The fourth-order valence-corrected chi connectivity index (χ4v) is 5.51. The Morgan fingerprint density at radius 1 is 0.585 bits per heavy atom. The van der Waals surface area contributed by atoms with Gasteiger partial charge in [0.2, 0.25) is 5.91 Å². The van der Waals surface area contributed by atoms with Gasteiger partial charge < -0.3 is 20.6 Å². The average Bonchev–Trinajstić information content (AvgIpc) is 2.97. The number of aliphatic hydroxyl groups is 3. The number of hydrogen-bond donors (Lipinski definition) is 4. The van der Waals surface area contributed by atoms with Crippen LogP contribution in [0.1, 0.15) is 187 Å². The highest BCUT2D eigenvalue weighted by molar-refractivity contribution is 5.76. The Labute approximate surface area is 255 Å². The minimum atomic E-state index is -1.13. The lowest BCUT2D eigenvalue weighted by atomic mass is 9.99. The molecular weight excluding hydrogens is 510 g/mol. The number of allylic oxidation sites excluding steroid dienone is 2. The van der Waals surface area contributed by atoms with E-state index < -0.39 is 18.2 Å². The maximum Gasteiger partial charge on any atom is 0.220 e. The van der Waals surface area contributed by atoms with E-state index in [4.69, 9.17) is 0 Å². The summed E-state index contributed by atoms with van der Waals surface area (Å²) in [5.74, 6) is -0.154. The highest BCUT2D eigenvalue weighted by Gasteiger charge is 2.26. The molecule has 3 atom stereocenters. The van der Waals surface area contributed by atoms with Gasteiger partial charge in [0.15, 0.2) is 0 Å². The third-order valence-electron chi connectivity index (χ3n) is 8.37. The van der Waals surface area contributed by atoms with E-state index in [2.05, 4.69) is 31.3 Å². The van der Waals surface area contributed by atoms with Crippen LogP contribution in [-0.2, 0) is 4.79 Å². The highest BCUT2D eigenvalue weighted by atomic mass is 16.3. The lowest BCUT2D eigenvalue weighted by Gasteiger charge is -2.26. The number of aliphatic hydroxyl groups excluding tert-OH is 3. The fourth-order valence-electron chi connectivity index (χ4n) is 5.51. The summed E-state index contributed by atoms with van der Waals surface area (Å²) < 4.78 is 0. The van der Waals surface area contributed by atoms with Crippen molar-refractivity contribution in [2.24, 2.45) is 0 Å². The number of amides is 1. The Kier molecular flexibility index (Phi) is 31.3. The first-order valence-electron chi connectivity index (χ1n) is 18.0. The van der Waals surface area contributed by atoms with Gasteiger partial charge >= 0.3 is 0 Å². The van der Waals surface area contributed by atoms with E-state index in [0.29, 0.717) is 12.8 Å². The molecule has 0 saturated carbocycles. The van der Waals surface area contributed by atoms with Crippen LogP contribution in [0.25, 0.3) is 0 Å². The first-order chi connectivity index (χ1) is 20.1. The van der Waals surface area contributed by atoms with E-state index in [9.17, 15) is 20.1 Å². The number of hydrogen-bond acceptors (Lipinski definition) is 4. The number of rotatable bonds is 32. The van der Waals surface area contributed by atoms with E-state index >= 15 is 0 Å². The summed E-state index contributed by atoms with van der Waals surface area (Å²) in [6.45, 7) is 4.15. The van der Waals surface area contributed by atoms with E-state index in [1.165, 1.54) is 116 Å². The van der Waals surface area contributed by atoms with Gasteiger partial charge in [-0.25, -0.2) is 0 Å². The Hall–Kier alpha value is -0.910. The smallest absolute Gasteiger partial charge is 0.220 e. The van der Waals surface area contributed by atoms with Gasteiger partial charge in [-0.2, -0.15) is 0 Å². The summed E-state index contributed by atoms with van der Waals surface area (Å²) in [6, 6.07) is -0.807. The molecule has 0 spiro atoms. The zero-order valence-electron chi connectivity index (χ0n) is 27.4. The largest absolute Gasteiger partial charge is 0.394 e. The molecule has 0 fully saturated rings. The molecule has 244 valence electrons. The average molecular weight is 582 g/mol. The third-order valence-corrected chi connectivity index (χ3v) is 8.37. The van der Waals surface area contributed by atoms with Crippen LogP contribution in [0.3, 0.4) is 0 Å². The van der Waals surface area contributed by atoms with Crippen molar-refractivity contribution in [1.29, 1.82) is 0 Å². The molecule has 5 heteroatoms. The van der Waals surface area contributed by atoms with Crippen molar-refractivity contribution in [2.45, 2.75) is 205 Å². The summed E-state index contributed by atoms with van der Waals surface area (Å²) in [7, 11) is 0. The molecule has 0 aliphatic carbocycles. The van der Waals surface area contributed by atoms with Crippen molar-refractivity contribution in [3.63, 3.8) is 0 Å². The van der Waals surface area contributed by atoms with Crippen LogP contribution >= 0.6 is 0 Å². The Morgan fingerprint density at radius 3 is 1.41 bits per heavy atom. The van der Waals surface area contributed by atoms with Crippen molar-refractivity contribution in [2.75, 3.05) is 6.61 Å². The topological polar surface area (TPSA) is 89.8 Å². The van der Waals surface area contributed by atoms with Crippen molar-refractivity contribution in [3.8, 4) is 0 Å². The molecule has 0 aliphatic rings. The highest BCUT2D eigenvalue weighted by Crippen LogP contribution is 2.15. The van der Waals surface area contributed by atoms with Gasteiger partial charge in [0.1, 0.15) is 6.10 Å². The standard InChI is InChI=1S/C36H71NO4/c1-3-5-7-9-11-13-15-17-18-19-21-23-25-27-29-31-35(40)37-33(32-38)36(41)34(39)30-28-26-24-22-20-16-14-12-10-8-6-4-2/h17-18,33-34,36,38-39,41H,3-16,19-32H2,1-2H3,(H,37,40)/t33-,34+,36-/m0/s1. The van der Waals surface area contributed by atoms with Gasteiger partial charge in [-0.05, 0) is 38.5 Å². The normalized spacial score (nSPS) is 14.0. The van der Waals surface area contributed by atoms with Crippen molar-refractivity contribution >= 4 is 5.91 Å². The zero-order valence-corrected chi connectivity index (χ0v) is 27.4. The SMILES string of the molecule is CCCCCCCCC=CCCCCCCCC(=O)N[C@@H](CO)[C@H](O)[C@H](O)CCCCCCCCCCCCCC. The molecule has 4 N–H and O–H groups in total. The number of carbonyl (C=O) groups is 1. The summed E-state index contributed by atoms with van der Waals surface area (Å²) >= 11 is 0. The number of unbranched alkanes of at least 4 members (excludes halogenated alkanes) is 22. The van der Waals surface area contributed by atoms with Gasteiger partial charge in [-0.15, -0.1) is 0 Å². The zero-order chi connectivity index (χ0) is 30.2. The molecule has 0 aromatic heterocycles. The van der Waals surface area contributed by atoms with Crippen LogP contribution < -0.4 is 5.32 Å². The van der Waals surface area contributed by atoms with Gasteiger partial charge in [0.25, 0.3) is 0 Å². The second-order valence-electron chi connectivity index (χ2n) is 12.4. The fraction of sp³-hybridized carbons (Fsp3) is 0.917. The second kappa shape index (κ2) is 32.0. The molecule has 0 radical (unpaired) electrons.